The molecule has 6 nitrogen and oxygen atoms in total. The molecule has 0 bridgehead atoms. The topological polar surface area (TPSA) is 99.4 Å². The molecule has 4 aromatic rings. The van der Waals surface area contributed by atoms with Crippen molar-refractivity contribution < 1.29 is 29.9 Å². The Morgan fingerprint density at radius 3 is 1.10 bits per heavy atom. The Morgan fingerprint density at radius 2 is 0.774 bits per heavy atom. The number of aliphatic hydroxyl groups is 4. The lowest BCUT2D eigenvalue weighted by Crippen LogP contribution is -2.21. The van der Waals surface area contributed by atoms with E-state index in [4.69, 9.17) is 19.7 Å². The average molecular weight is 883 g/mol. The third kappa shape index (κ3) is 20.3. The number of aryl methyl sites for hydroxylation is 2. The van der Waals surface area contributed by atoms with Crippen molar-refractivity contribution in [1.29, 1.82) is 0 Å². The van der Waals surface area contributed by atoms with E-state index >= 15 is 0 Å². The first kappa shape index (κ1) is 51.0. The highest BCUT2D eigenvalue weighted by Crippen LogP contribution is 2.39. The van der Waals surface area contributed by atoms with Crippen molar-refractivity contribution in [3.05, 3.63) is 92.7 Å². The van der Waals surface area contributed by atoms with Gasteiger partial charge in [-0.05, 0) is 97.5 Å². The van der Waals surface area contributed by atoms with Crippen LogP contribution in [0.5, 0.6) is 11.5 Å². The third-order valence-electron chi connectivity index (χ3n) is 11.1. The molecule has 0 aliphatic carbocycles. The van der Waals surface area contributed by atoms with Crippen molar-refractivity contribution in [2.75, 3.05) is 26.4 Å². The van der Waals surface area contributed by atoms with Crippen molar-refractivity contribution in [2.45, 2.75) is 167 Å². The zero-order chi connectivity index (χ0) is 44.0. The van der Waals surface area contributed by atoms with Gasteiger partial charge in [-0.15, -0.1) is 22.7 Å². The average Bonchev–Trinajstić information content (AvgIpc) is 3.91. The molecule has 2 atom stereocenters. The van der Waals surface area contributed by atoms with Gasteiger partial charge in [-0.3, -0.25) is 0 Å². The summed E-state index contributed by atoms with van der Waals surface area (Å²) in [6, 6.07) is 20.0. The van der Waals surface area contributed by atoms with Gasteiger partial charge in [-0.1, -0.05) is 153 Å². The zero-order valence-electron chi connectivity index (χ0n) is 37.7. The molecule has 2 heterocycles. The van der Waals surface area contributed by atoms with E-state index in [9.17, 15) is 10.2 Å². The largest absolute Gasteiger partial charge is 0.491 e. The standard InChI is InChI=1S/C54H74O6S2/c1-3-5-7-9-11-13-15-17-19-21-23-45-37-53(61-51(45)35-29-43-25-31-49(32-26-43)59-41-47(57)39-55)54-38-46(24-22-20-18-16-14-12-10-8-6-4-2)52(62-54)36-30-44-27-33-50(34-28-44)60-42-48(58)40-56/h25-28,31-34,37-38,47-48,55-58H,3-24,39-42H2,1-2H3. The first-order valence-corrected chi connectivity index (χ1v) is 25.4. The summed E-state index contributed by atoms with van der Waals surface area (Å²) in [5, 5.41) is 37.6. The Morgan fingerprint density at radius 1 is 0.452 bits per heavy atom. The molecule has 8 heteroatoms. The fraction of sp³-hybridized carbons (Fsp3) is 0.556. The Bertz CT molecular complexity index is 1770. The summed E-state index contributed by atoms with van der Waals surface area (Å²) in [7, 11) is 0. The van der Waals surface area contributed by atoms with Crippen LogP contribution in [-0.2, 0) is 12.8 Å². The van der Waals surface area contributed by atoms with Crippen LogP contribution in [0.2, 0.25) is 0 Å². The summed E-state index contributed by atoms with van der Waals surface area (Å²) in [6.45, 7) is 3.97. The van der Waals surface area contributed by atoms with Crippen LogP contribution < -0.4 is 9.47 Å². The maximum absolute atomic E-state index is 9.66. The van der Waals surface area contributed by atoms with E-state index in [2.05, 4.69) is 49.7 Å². The number of hydrogen-bond acceptors (Lipinski definition) is 8. The van der Waals surface area contributed by atoms with Crippen LogP contribution >= 0.6 is 22.7 Å². The van der Waals surface area contributed by atoms with Crippen molar-refractivity contribution in [1.82, 2.24) is 0 Å². The second-order valence-electron chi connectivity index (χ2n) is 16.6. The highest BCUT2D eigenvalue weighted by Gasteiger charge is 2.15. The number of thiophene rings is 2. The second kappa shape index (κ2) is 31.3. The van der Waals surface area contributed by atoms with Gasteiger partial charge in [0.15, 0.2) is 0 Å². The SMILES string of the molecule is CCCCCCCCCCCCc1cc(-c2cc(CCCCCCCCCCCC)c(C#Cc3ccc(OCC(O)CO)cc3)s2)sc1C#Cc1ccc(OCC(O)CO)cc1. The van der Waals surface area contributed by atoms with E-state index < -0.39 is 12.2 Å². The molecule has 0 radical (unpaired) electrons. The fourth-order valence-electron chi connectivity index (χ4n) is 7.31. The molecule has 2 aromatic heterocycles. The maximum Gasteiger partial charge on any atom is 0.119 e. The monoisotopic (exact) mass is 882 g/mol. The molecule has 2 unspecified atom stereocenters. The third-order valence-corrected chi connectivity index (χ3v) is 13.5. The molecular weight excluding hydrogens is 809 g/mol. The number of rotatable bonds is 31. The van der Waals surface area contributed by atoms with Crippen LogP contribution in [0.1, 0.15) is 174 Å². The van der Waals surface area contributed by atoms with Gasteiger partial charge >= 0.3 is 0 Å². The molecule has 4 rings (SSSR count). The molecule has 0 spiro atoms. The molecule has 0 saturated carbocycles. The van der Waals surface area contributed by atoms with E-state index in [1.54, 1.807) is 22.7 Å². The number of hydrogen-bond donors (Lipinski definition) is 4. The summed E-state index contributed by atoms with van der Waals surface area (Å²) < 4.78 is 11.2. The Balaban J connectivity index is 1.51. The van der Waals surface area contributed by atoms with Crippen LogP contribution in [0.15, 0.2) is 60.7 Å². The van der Waals surface area contributed by atoms with Gasteiger partial charge in [-0.25, -0.2) is 0 Å². The van der Waals surface area contributed by atoms with E-state index in [0.717, 1.165) is 46.6 Å². The Kier molecular flexibility index (Phi) is 25.8. The molecule has 62 heavy (non-hydrogen) atoms. The molecule has 0 aliphatic rings. The summed E-state index contributed by atoms with van der Waals surface area (Å²) in [6.07, 6.45) is 26.4. The van der Waals surface area contributed by atoms with Gasteiger partial charge in [-0.2, -0.15) is 0 Å². The smallest absolute Gasteiger partial charge is 0.119 e. The maximum atomic E-state index is 9.66. The quantitative estimate of drug-likeness (QED) is 0.0297. The van der Waals surface area contributed by atoms with Gasteiger partial charge in [0.2, 0.25) is 0 Å². The minimum atomic E-state index is -0.905. The lowest BCUT2D eigenvalue weighted by atomic mass is 10.0. The zero-order valence-corrected chi connectivity index (χ0v) is 39.4. The molecule has 4 N–H and O–H groups in total. The molecule has 2 aromatic carbocycles. The Hall–Kier alpha value is -3.60. The minimum absolute atomic E-state index is 0.0422. The highest BCUT2D eigenvalue weighted by molar-refractivity contribution is 7.22. The van der Waals surface area contributed by atoms with E-state index in [1.165, 1.54) is 136 Å². The van der Waals surface area contributed by atoms with Crippen LogP contribution in [0, 0.1) is 23.7 Å². The molecule has 0 fully saturated rings. The van der Waals surface area contributed by atoms with Crippen LogP contribution in [0.4, 0.5) is 0 Å². The van der Waals surface area contributed by atoms with Crippen LogP contribution in [0.25, 0.3) is 9.75 Å². The van der Waals surface area contributed by atoms with Gasteiger partial charge in [0.25, 0.3) is 0 Å². The van der Waals surface area contributed by atoms with Crippen LogP contribution in [0.3, 0.4) is 0 Å². The van der Waals surface area contributed by atoms with Crippen molar-refractivity contribution >= 4 is 22.7 Å². The van der Waals surface area contributed by atoms with E-state index in [0.29, 0.717) is 11.5 Å². The van der Waals surface area contributed by atoms with Gasteiger partial charge in [0.1, 0.15) is 36.9 Å². The lowest BCUT2D eigenvalue weighted by Gasteiger charge is -2.09. The van der Waals surface area contributed by atoms with E-state index in [1.807, 2.05) is 48.5 Å². The fourth-order valence-corrected chi connectivity index (χ4v) is 9.51. The minimum Gasteiger partial charge on any atom is -0.491 e. The molecular formula is C54H74O6S2. The summed E-state index contributed by atoms with van der Waals surface area (Å²) in [5.41, 5.74) is 4.44. The van der Waals surface area contributed by atoms with Gasteiger partial charge in [0, 0.05) is 20.9 Å². The number of aliphatic hydroxyl groups excluding tert-OH is 4. The summed E-state index contributed by atoms with van der Waals surface area (Å²) >= 11 is 3.57. The normalized spacial score (nSPS) is 12.0. The predicted octanol–water partition coefficient (Wildman–Crippen LogP) is 12.7. The van der Waals surface area contributed by atoms with Crippen molar-refractivity contribution in [2.24, 2.45) is 0 Å². The number of benzene rings is 2. The molecule has 0 amide bonds. The molecule has 0 saturated heterocycles. The van der Waals surface area contributed by atoms with Crippen molar-refractivity contribution in [3.8, 4) is 44.9 Å². The molecule has 0 aliphatic heterocycles. The van der Waals surface area contributed by atoms with Gasteiger partial charge < -0.3 is 29.9 Å². The van der Waals surface area contributed by atoms with Crippen LogP contribution in [-0.4, -0.2) is 59.1 Å². The van der Waals surface area contributed by atoms with Gasteiger partial charge in [0.05, 0.1) is 23.0 Å². The summed E-state index contributed by atoms with van der Waals surface area (Å²) in [4.78, 5) is 4.73. The highest BCUT2D eigenvalue weighted by atomic mass is 32.1. The first-order valence-electron chi connectivity index (χ1n) is 23.8. The second-order valence-corrected chi connectivity index (χ2v) is 18.7. The van der Waals surface area contributed by atoms with E-state index in [-0.39, 0.29) is 26.4 Å². The predicted molar refractivity (Wildman–Crippen MR) is 261 cm³/mol. The Labute approximate surface area is 382 Å². The number of unbranched alkanes of at least 4 members (excludes halogenated alkanes) is 18. The first-order chi connectivity index (χ1) is 30.4. The number of ether oxygens (including phenoxy) is 2. The molecule has 338 valence electrons. The lowest BCUT2D eigenvalue weighted by molar-refractivity contribution is 0.0536. The summed E-state index contributed by atoms with van der Waals surface area (Å²) in [5.74, 6) is 15.2. The van der Waals surface area contributed by atoms with Crippen molar-refractivity contribution in [3.63, 3.8) is 0 Å².